The predicted molar refractivity (Wildman–Crippen MR) is 92.3 cm³/mol. The SMILES string of the molecule is CNC(=O)c1ccc(NC(=O)c2nc(-c3ccco3)sc2C)cc1. The maximum absolute atomic E-state index is 12.4. The van der Waals surface area contributed by atoms with Gasteiger partial charge in [0.25, 0.3) is 11.8 Å². The van der Waals surface area contributed by atoms with Crippen molar-refractivity contribution in [2.75, 3.05) is 12.4 Å². The maximum atomic E-state index is 12.4. The van der Waals surface area contributed by atoms with Crippen LogP contribution in [0.1, 0.15) is 25.7 Å². The Labute approximate surface area is 142 Å². The number of anilines is 1. The summed E-state index contributed by atoms with van der Waals surface area (Å²) < 4.78 is 5.31. The van der Waals surface area contributed by atoms with Crippen molar-refractivity contribution in [3.8, 4) is 10.8 Å². The van der Waals surface area contributed by atoms with Crippen LogP contribution >= 0.6 is 11.3 Å². The quantitative estimate of drug-likeness (QED) is 0.762. The monoisotopic (exact) mass is 341 g/mol. The average Bonchev–Trinajstić information content (AvgIpc) is 3.24. The molecule has 0 aliphatic rings. The van der Waals surface area contributed by atoms with Crippen molar-refractivity contribution < 1.29 is 14.0 Å². The lowest BCUT2D eigenvalue weighted by molar-refractivity contribution is 0.0962. The summed E-state index contributed by atoms with van der Waals surface area (Å²) in [5.41, 5.74) is 1.49. The van der Waals surface area contributed by atoms with E-state index < -0.39 is 0 Å². The van der Waals surface area contributed by atoms with Crippen LogP contribution in [0.5, 0.6) is 0 Å². The van der Waals surface area contributed by atoms with Crippen LogP contribution in [0, 0.1) is 6.92 Å². The molecular weight excluding hydrogens is 326 g/mol. The molecule has 0 saturated heterocycles. The largest absolute Gasteiger partial charge is 0.462 e. The van der Waals surface area contributed by atoms with Crippen molar-refractivity contribution in [2.45, 2.75) is 6.92 Å². The van der Waals surface area contributed by atoms with E-state index in [1.807, 2.05) is 6.92 Å². The van der Waals surface area contributed by atoms with Gasteiger partial charge in [-0.2, -0.15) is 0 Å². The molecule has 0 aliphatic heterocycles. The van der Waals surface area contributed by atoms with Gasteiger partial charge in [-0.3, -0.25) is 9.59 Å². The van der Waals surface area contributed by atoms with Gasteiger partial charge in [0.1, 0.15) is 5.69 Å². The molecule has 0 atom stereocenters. The van der Waals surface area contributed by atoms with Gasteiger partial charge in [-0.1, -0.05) is 0 Å². The number of carbonyl (C=O) groups is 2. The van der Waals surface area contributed by atoms with Gasteiger partial charge in [-0.05, 0) is 43.3 Å². The summed E-state index contributed by atoms with van der Waals surface area (Å²) in [5.74, 6) is 0.164. The smallest absolute Gasteiger partial charge is 0.275 e. The zero-order valence-corrected chi connectivity index (χ0v) is 13.9. The van der Waals surface area contributed by atoms with Gasteiger partial charge >= 0.3 is 0 Å². The predicted octanol–water partition coefficient (Wildman–Crippen LogP) is 3.32. The summed E-state index contributed by atoms with van der Waals surface area (Å²) in [6.07, 6.45) is 1.57. The van der Waals surface area contributed by atoms with E-state index in [0.29, 0.717) is 27.7 Å². The number of rotatable bonds is 4. The third-order valence-electron chi connectivity index (χ3n) is 3.38. The van der Waals surface area contributed by atoms with Crippen molar-refractivity contribution in [3.63, 3.8) is 0 Å². The van der Waals surface area contributed by atoms with Gasteiger partial charge in [0.15, 0.2) is 10.8 Å². The van der Waals surface area contributed by atoms with Crippen LogP contribution in [0.15, 0.2) is 47.1 Å². The van der Waals surface area contributed by atoms with Crippen LogP contribution in [-0.2, 0) is 0 Å². The Kier molecular flexibility index (Phi) is 4.43. The molecule has 0 bridgehead atoms. The molecule has 0 aliphatic carbocycles. The number of benzene rings is 1. The number of aryl methyl sites for hydroxylation is 1. The summed E-state index contributed by atoms with van der Waals surface area (Å²) in [7, 11) is 1.57. The molecule has 0 unspecified atom stereocenters. The lowest BCUT2D eigenvalue weighted by Crippen LogP contribution is -2.18. The second kappa shape index (κ2) is 6.67. The van der Waals surface area contributed by atoms with E-state index in [9.17, 15) is 9.59 Å². The van der Waals surface area contributed by atoms with Crippen LogP contribution in [-0.4, -0.2) is 23.8 Å². The Hall–Kier alpha value is -2.93. The third-order valence-corrected chi connectivity index (χ3v) is 4.36. The van der Waals surface area contributed by atoms with E-state index >= 15 is 0 Å². The normalized spacial score (nSPS) is 10.4. The first-order valence-corrected chi connectivity index (χ1v) is 8.05. The summed E-state index contributed by atoms with van der Waals surface area (Å²) in [5, 5.41) is 6.00. The molecule has 6 nitrogen and oxygen atoms in total. The molecular formula is C17H15N3O3S. The first-order valence-electron chi connectivity index (χ1n) is 7.23. The molecule has 0 spiro atoms. The van der Waals surface area contributed by atoms with Crippen molar-refractivity contribution in [1.82, 2.24) is 10.3 Å². The van der Waals surface area contributed by atoms with E-state index in [-0.39, 0.29) is 11.8 Å². The first-order chi connectivity index (χ1) is 11.6. The van der Waals surface area contributed by atoms with E-state index in [2.05, 4.69) is 15.6 Å². The van der Waals surface area contributed by atoms with Crippen LogP contribution < -0.4 is 10.6 Å². The molecule has 122 valence electrons. The van der Waals surface area contributed by atoms with Gasteiger partial charge in [-0.25, -0.2) is 4.98 Å². The van der Waals surface area contributed by atoms with Gasteiger partial charge in [0, 0.05) is 23.2 Å². The summed E-state index contributed by atoms with van der Waals surface area (Å²) in [4.78, 5) is 29.1. The minimum absolute atomic E-state index is 0.175. The van der Waals surface area contributed by atoms with Gasteiger partial charge in [-0.15, -0.1) is 11.3 Å². The van der Waals surface area contributed by atoms with Crippen LogP contribution in [0.3, 0.4) is 0 Å². The van der Waals surface area contributed by atoms with Crippen molar-refractivity contribution >= 4 is 28.8 Å². The fourth-order valence-corrected chi connectivity index (χ4v) is 3.03. The Balaban J connectivity index is 1.77. The van der Waals surface area contributed by atoms with Gasteiger partial charge in [0.05, 0.1) is 6.26 Å². The zero-order chi connectivity index (χ0) is 17.1. The van der Waals surface area contributed by atoms with Crippen LogP contribution in [0.4, 0.5) is 5.69 Å². The summed E-state index contributed by atoms with van der Waals surface area (Å²) in [6.45, 7) is 1.84. The molecule has 2 aromatic heterocycles. The van der Waals surface area contributed by atoms with Crippen LogP contribution in [0.25, 0.3) is 10.8 Å². The number of aromatic nitrogens is 1. The van der Waals surface area contributed by atoms with E-state index in [1.54, 1.807) is 49.7 Å². The van der Waals surface area contributed by atoms with E-state index in [4.69, 9.17) is 4.42 Å². The Morgan fingerprint density at radius 1 is 1.12 bits per heavy atom. The second-order valence-electron chi connectivity index (χ2n) is 5.01. The lowest BCUT2D eigenvalue weighted by Gasteiger charge is -2.05. The minimum Gasteiger partial charge on any atom is -0.462 e. The number of hydrogen-bond acceptors (Lipinski definition) is 5. The molecule has 3 rings (SSSR count). The number of thiazole rings is 1. The number of nitrogens with one attached hydrogen (secondary N) is 2. The molecule has 7 heteroatoms. The molecule has 2 N–H and O–H groups in total. The van der Waals surface area contributed by atoms with Crippen molar-refractivity contribution in [2.24, 2.45) is 0 Å². The first kappa shape index (κ1) is 15.9. The summed E-state index contributed by atoms with van der Waals surface area (Å²) in [6, 6.07) is 10.2. The highest BCUT2D eigenvalue weighted by molar-refractivity contribution is 7.15. The van der Waals surface area contributed by atoms with Crippen LogP contribution in [0.2, 0.25) is 0 Å². The summed E-state index contributed by atoms with van der Waals surface area (Å²) >= 11 is 1.40. The highest BCUT2D eigenvalue weighted by Gasteiger charge is 2.17. The molecule has 0 fully saturated rings. The number of amides is 2. The minimum atomic E-state index is -0.297. The fraction of sp³-hybridized carbons (Fsp3) is 0.118. The Morgan fingerprint density at radius 3 is 2.50 bits per heavy atom. The second-order valence-corrected chi connectivity index (χ2v) is 6.21. The van der Waals surface area contributed by atoms with Crippen molar-refractivity contribution in [3.05, 3.63) is 58.8 Å². The third kappa shape index (κ3) is 3.21. The molecule has 24 heavy (non-hydrogen) atoms. The topological polar surface area (TPSA) is 84.2 Å². The average molecular weight is 341 g/mol. The fourth-order valence-electron chi connectivity index (χ4n) is 2.15. The highest BCUT2D eigenvalue weighted by atomic mass is 32.1. The standard InChI is InChI=1S/C17H15N3O3S/c1-10-14(20-17(24-10)13-4-3-9-23-13)16(22)19-12-7-5-11(6-8-12)15(21)18-2/h3-9H,1-2H3,(H,18,21)(H,19,22). The van der Waals surface area contributed by atoms with Gasteiger partial charge < -0.3 is 15.1 Å². The number of nitrogens with zero attached hydrogens (tertiary/aromatic N) is 1. The molecule has 2 heterocycles. The van der Waals surface area contributed by atoms with Gasteiger partial charge in [0.2, 0.25) is 0 Å². The molecule has 3 aromatic rings. The molecule has 1 aromatic carbocycles. The number of hydrogen-bond donors (Lipinski definition) is 2. The lowest BCUT2D eigenvalue weighted by atomic mass is 10.2. The molecule has 2 amide bonds. The molecule has 0 radical (unpaired) electrons. The number of furan rings is 1. The number of carbonyl (C=O) groups excluding carboxylic acids is 2. The maximum Gasteiger partial charge on any atom is 0.275 e. The zero-order valence-electron chi connectivity index (χ0n) is 13.1. The molecule has 0 saturated carbocycles. The van der Waals surface area contributed by atoms with E-state index in [0.717, 1.165) is 4.88 Å². The Bertz CT molecular complexity index is 867. The van der Waals surface area contributed by atoms with E-state index in [1.165, 1.54) is 11.3 Å². The highest BCUT2D eigenvalue weighted by Crippen LogP contribution is 2.28. The van der Waals surface area contributed by atoms with Crippen molar-refractivity contribution in [1.29, 1.82) is 0 Å². The Morgan fingerprint density at radius 2 is 1.88 bits per heavy atom.